The number of fused-ring (bicyclic) bond motifs is 1. The standard InChI is InChI=1S/C9H6BrNO2/c10-6-4-8-5(3-7(6)11)1-2-9(12)13-8/h1-4H,11H2. The van der Waals surface area contributed by atoms with Gasteiger partial charge in [-0.25, -0.2) is 4.79 Å². The third kappa shape index (κ3) is 1.45. The highest BCUT2D eigenvalue weighted by atomic mass is 79.9. The van der Waals surface area contributed by atoms with Gasteiger partial charge in [0, 0.05) is 21.6 Å². The average molecular weight is 240 g/mol. The molecule has 0 bridgehead atoms. The van der Waals surface area contributed by atoms with Crippen LogP contribution in [0, 0.1) is 0 Å². The van der Waals surface area contributed by atoms with Crippen molar-refractivity contribution in [2.45, 2.75) is 0 Å². The van der Waals surface area contributed by atoms with Crippen molar-refractivity contribution < 1.29 is 4.42 Å². The molecule has 66 valence electrons. The van der Waals surface area contributed by atoms with Crippen molar-refractivity contribution in [1.29, 1.82) is 0 Å². The molecule has 0 fully saturated rings. The van der Waals surface area contributed by atoms with E-state index in [4.69, 9.17) is 10.2 Å². The first kappa shape index (κ1) is 8.31. The maximum atomic E-state index is 10.9. The first-order chi connectivity index (χ1) is 6.16. The second-order valence-electron chi connectivity index (χ2n) is 2.67. The Labute approximate surface area is 82.3 Å². The van der Waals surface area contributed by atoms with Crippen LogP contribution in [0.25, 0.3) is 11.0 Å². The largest absolute Gasteiger partial charge is 0.423 e. The molecule has 1 aromatic heterocycles. The maximum Gasteiger partial charge on any atom is 0.336 e. The summed E-state index contributed by atoms with van der Waals surface area (Å²) < 4.78 is 5.69. The van der Waals surface area contributed by atoms with Crippen LogP contribution in [0.3, 0.4) is 0 Å². The molecule has 2 N–H and O–H groups in total. The number of hydrogen-bond donors (Lipinski definition) is 1. The molecular formula is C9H6BrNO2. The lowest BCUT2D eigenvalue weighted by molar-refractivity contribution is 0.561. The van der Waals surface area contributed by atoms with E-state index in [1.54, 1.807) is 18.2 Å². The van der Waals surface area contributed by atoms with Crippen molar-refractivity contribution in [3.63, 3.8) is 0 Å². The molecule has 0 saturated carbocycles. The van der Waals surface area contributed by atoms with Crippen LogP contribution in [-0.2, 0) is 0 Å². The topological polar surface area (TPSA) is 56.2 Å². The van der Waals surface area contributed by atoms with E-state index in [9.17, 15) is 4.79 Å². The molecule has 2 aromatic rings. The Hall–Kier alpha value is -1.29. The Morgan fingerprint density at radius 2 is 2.08 bits per heavy atom. The molecule has 0 aliphatic rings. The zero-order valence-electron chi connectivity index (χ0n) is 6.58. The van der Waals surface area contributed by atoms with E-state index in [2.05, 4.69) is 15.9 Å². The van der Waals surface area contributed by atoms with Crippen LogP contribution in [0.1, 0.15) is 0 Å². The molecule has 0 spiro atoms. The Balaban J connectivity index is 2.89. The van der Waals surface area contributed by atoms with Crippen molar-refractivity contribution in [2.24, 2.45) is 0 Å². The lowest BCUT2D eigenvalue weighted by Gasteiger charge is -1.99. The summed E-state index contributed by atoms with van der Waals surface area (Å²) in [7, 11) is 0. The monoisotopic (exact) mass is 239 g/mol. The molecule has 1 heterocycles. The van der Waals surface area contributed by atoms with Crippen LogP contribution < -0.4 is 11.4 Å². The molecule has 1 aromatic carbocycles. The molecule has 0 unspecified atom stereocenters. The van der Waals surface area contributed by atoms with E-state index in [-0.39, 0.29) is 5.63 Å². The number of halogens is 1. The van der Waals surface area contributed by atoms with Crippen LogP contribution in [0.4, 0.5) is 5.69 Å². The lowest BCUT2D eigenvalue weighted by atomic mass is 10.2. The summed E-state index contributed by atoms with van der Waals surface area (Å²) in [5.74, 6) is 0. The van der Waals surface area contributed by atoms with Gasteiger partial charge >= 0.3 is 5.63 Å². The smallest absolute Gasteiger partial charge is 0.336 e. The lowest BCUT2D eigenvalue weighted by Crippen LogP contribution is -1.95. The van der Waals surface area contributed by atoms with Crippen LogP contribution >= 0.6 is 15.9 Å². The molecule has 0 aliphatic heterocycles. The summed E-state index contributed by atoms with van der Waals surface area (Å²) in [6, 6.07) is 6.49. The zero-order chi connectivity index (χ0) is 9.42. The van der Waals surface area contributed by atoms with Crippen molar-refractivity contribution in [2.75, 3.05) is 5.73 Å². The minimum Gasteiger partial charge on any atom is -0.423 e. The van der Waals surface area contributed by atoms with Gasteiger partial charge in [0.15, 0.2) is 0 Å². The van der Waals surface area contributed by atoms with Gasteiger partial charge in [-0.05, 0) is 34.1 Å². The van der Waals surface area contributed by atoms with E-state index in [0.717, 1.165) is 9.86 Å². The minimum atomic E-state index is -0.357. The first-order valence-electron chi connectivity index (χ1n) is 3.66. The van der Waals surface area contributed by atoms with E-state index in [1.165, 1.54) is 6.07 Å². The summed E-state index contributed by atoms with van der Waals surface area (Å²) >= 11 is 3.25. The van der Waals surface area contributed by atoms with Crippen molar-refractivity contribution >= 4 is 32.6 Å². The Morgan fingerprint density at radius 3 is 2.85 bits per heavy atom. The highest BCUT2D eigenvalue weighted by Gasteiger charge is 2.01. The number of nitrogens with two attached hydrogens (primary N) is 1. The normalized spacial score (nSPS) is 10.5. The summed E-state index contributed by atoms with van der Waals surface area (Å²) in [5.41, 5.74) is 6.46. The van der Waals surface area contributed by atoms with Crippen LogP contribution in [0.2, 0.25) is 0 Å². The van der Waals surface area contributed by atoms with Crippen LogP contribution in [0.15, 0.2) is 37.9 Å². The third-order valence-electron chi connectivity index (χ3n) is 1.74. The third-order valence-corrected chi connectivity index (χ3v) is 2.43. The molecule has 0 aliphatic carbocycles. The minimum absolute atomic E-state index is 0.357. The molecule has 2 rings (SSSR count). The summed E-state index contributed by atoms with van der Waals surface area (Å²) in [5, 5.41) is 0.820. The number of hydrogen-bond acceptors (Lipinski definition) is 3. The molecular weight excluding hydrogens is 234 g/mol. The van der Waals surface area contributed by atoms with Crippen LogP contribution in [0.5, 0.6) is 0 Å². The first-order valence-corrected chi connectivity index (χ1v) is 4.45. The highest BCUT2D eigenvalue weighted by Crippen LogP contribution is 2.24. The fourth-order valence-corrected chi connectivity index (χ4v) is 1.43. The van der Waals surface area contributed by atoms with E-state index < -0.39 is 0 Å². The molecule has 4 heteroatoms. The molecule has 13 heavy (non-hydrogen) atoms. The average Bonchev–Trinajstić information content (AvgIpc) is 2.08. The predicted octanol–water partition coefficient (Wildman–Crippen LogP) is 2.14. The highest BCUT2D eigenvalue weighted by molar-refractivity contribution is 9.10. The SMILES string of the molecule is Nc1cc2ccc(=O)oc2cc1Br. The zero-order valence-corrected chi connectivity index (χ0v) is 8.17. The fraction of sp³-hybridized carbons (Fsp3) is 0. The molecule has 0 saturated heterocycles. The number of anilines is 1. The molecule has 3 nitrogen and oxygen atoms in total. The van der Waals surface area contributed by atoms with Gasteiger partial charge in [0.05, 0.1) is 0 Å². The Morgan fingerprint density at radius 1 is 1.31 bits per heavy atom. The second kappa shape index (κ2) is 2.88. The van der Waals surface area contributed by atoms with Gasteiger partial charge in [0.2, 0.25) is 0 Å². The second-order valence-corrected chi connectivity index (χ2v) is 3.52. The van der Waals surface area contributed by atoms with Gasteiger partial charge in [0.25, 0.3) is 0 Å². The number of benzene rings is 1. The van der Waals surface area contributed by atoms with E-state index in [1.807, 2.05) is 0 Å². The van der Waals surface area contributed by atoms with Gasteiger partial charge in [0.1, 0.15) is 5.58 Å². The quantitative estimate of drug-likeness (QED) is 0.566. The van der Waals surface area contributed by atoms with E-state index >= 15 is 0 Å². The summed E-state index contributed by atoms with van der Waals surface area (Å²) in [6.45, 7) is 0. The van der Waals surface area contributed by atoms with Crippen molar-refractivity contribution in [1.82, 2.24) is 0 Å². The molecule has 0 radical (unpaired) electrons. The van der Waals surface area contributed by atoms with Gasteiger partial charge in [-0.3, -0.25) is 0 Å². The Kier molecular flexibility index (Phi) is 1.84. The number of rotatable bonds is 0. The molecule has 0 atom stereocenters. The predicted molar refractivity (Wildman–Crippen MR) is 54.6 cm³/mol. The van der Waals surface area contributed by atoms with Gasteiger partial charge in [-0.1, -0.05) is 0 Å². The van der Waals surface area contributed by atoms with Crippen molar-refractivity contribution in [3.8, 4) is 0 Å². The molecule has 0 amide bonds. The van der Waals surface area contributed by atoms with E-state index in [0.29, 0.717) is 11.3 Å². The van der Waals surface area contributed by atoms with Crippen LogP contribution in [-0.4, -0.2) is 0 Å². The summed E-state index contributed by atoms with van der Waals surface area (Å²) in [4.78, 5) is 10.9. The van der Waals surface area contributed by atoms with Crippen molar-refractivity contribution in [3.05, 3.63) is 39.2 Å². The van der Waals surface area contributed by atoms with Gasteiger partial charge in [-0.15, -0.1) is 0 Å². The fourth-order valence-electron chi connectivity index (χ4n) is 1.11. The Bertz CT molecular complexity index is 518. The van der Waals surface area contributed by atoms with Gasteiger partial charge < -0.3 is 10.2 Å². The maximum absolute atomic E-state index is 10.9. The number of nitrogen functional groups attached to an aromatic ring is 1. The van der Waals surface area contributed by atoms with Gasteiger partial charge in [-0.2, -0.15) is 0 Å². The summed E-state index contributed by atoms with van der Waals surface area (Å²) in [6.07, 6.45) is 0.